The first-order valence-corrected chi connectivity index (χ1v) is 13.6. The van der Waals surface area contributed by atoms with E-state index in [9.17, 15) is 19.2 Å². The minimum atomic E-state index is -1.35. The summed E-state index contributed by atoms with van der Waals surface area (Å²) in [7, 11) is 0. The zero-order valence-electron chi connectivity index (χ0n) is 24.0. The van der Waals surface area contributed by atoms with E-state index in [-0.39, 0.29) is 30.1 Å². The molecule has 0 aromatic heterocycles. The lowest BCUT2D eigenvalue weighted by molar-refractivity contribution is -0.154. The molecule has 0 spiro atoms. The number of carbonyl (C=O) groups excluding carboxylic acids is 4. The van der Waals surface area contributed by atoms with Gasteiger partial charge in [-0.3, -0.25) is 19.2 Å². The van der Waals surface area contributed by atoms with Crippen molar-refractivity contribution in [3.63, 3.8) is 0 Å². The predicted molar refractivity (Wildman–Crippen MR) is 152 cm³/mol. The molecule has 6 heteroatoms. The van der Waals surface area contributed by atoms with Crippen LogP contribution in [-0.4, -0.2) is 35.4 Å². The Morgan fingerprint density at radius 2 is 1.51 bits per heavy atom. The number of benzene rings is 2. The summed E-state index contributed by atoms with van der Waals surface area (Å²) in [5.74, 6) is -0.198. The van der Waals surface area contributed by atoms with Gasteiger partial charge in [0, 0.05) is 18.4 Å². The van der Waals surface area contributed by atoms with Crippen LogP contribution < -0.4 is 0 Å². The molecule has 0 radical (unpaired) electrons. The van der Waals surface area contributed by atoms with Crippen molar-refractivity contribution in [3.05, 3.63) is 74.8 Å². The first-order valence-electron chi connectivity index (χ1n) is 13.6. The van der Waals surface area contributed by atoms with Gasteiger partial charge in [-0.25, -0.2) is 0 Å². The average molecular weight is 533 g/mol. The topological polar surface area (TPSA) is 109 Å². The van der Waals surface area contributed by atoms with Crippen LogP contribution in [0.1, 0.15) is 88.8 Å². The molecule has 0 bridgehead atoms. The summed E-state index contributed by atoms with van der Waals surface area (Å²) in [6.07, 6.45) is 5.76. The molecule has 0 heterocycles. The Balaban J connectivity index is 0.000000219. The van der Waals surface area contributed by atoms with Gasteiger partial charge in [0.25, 0.3) is 0 Å². The molecule has 0 amide bonds. The van der Waals surface area contributed by atoms with E-state index in [1.807, 2.05) is 32.1 Å². The zero-order valence-corrected chi connectivity index (χ0v) is 24.0. The van der Waals surface area contributed by atoms with E-state index in [0.29, 0.717) is 30.1 Å². The van der Waals surface area contributed by atoms with E-state index in [1.54, 1.807) is 6.92 Å². The Morgan fingerprint density at radius 1 is 0.923 bits per heavy atom. The summed E-state index contributed by atoms with van der Waals surface area (Å²) >= 11 is 0. The molecule has 0 fully saturated rings. The van der Waals surface area contributed by atoms with Gasteiger partial charge in [-0.1, -0.05) is 29.3 Å². The van der Waals surface area contributed by atoms with E-state index in [0.717, 1.165) is 36.0 Å². The number of fused-ring (bicyclic) bond motifs is 4. The summed E-state index contributed by atoms with van der Waals surface area (Å²) in [6, 6.07) is 8.35. The van der Waals surface area contributed by atoms with Gasteiger partial charge in [0.1, 0.15) is 11.2 Å². The Labute approximate surface area is 231 Å². The molecule has 0 saturated heterocycles. The smallest absolute Gasteiger partial charge is 0.320 e. The second kappa shape index (κ2) is 11.8. The number of Topliss-reactive ketones (excluding diaryl/α,β-unsaturated/α-hetero) is 2. The molecule has 2 atom stereocenters. The Hall–Kier alpha value is -3.38. The van der Waals surface area contributed by atoms with Crippen LogP contribution in [0.5, 0.6) is 0 Å². The summed E-state index contributed by atoms with van der Waals surface area (Å²) in [6.45, 7) is 11.5. The largest absolute Gasteiger partial charge is 0.465 e. The normalized spacial score (nSPS) is 20.9. The fraction of sp³-hybridized carbons (Fsp3) is 0.455. The van der Waals surface area contributed by atoms with E-state index < -0.39 is 11.4 Å². The quantitative estimate of drug-likeness (QED) is 0.389. The highest BCUT2D eigenvalue weighted by Crippen LogP contribution is 2.43. The Bertz CT molecular complexity index is 1360. The minimum absolute atomic E-state index is 0. The van der Waals surface area contributed by atoms with Crippen LogP contribution in [-0.2, 0) is 32.0 Å². The summed E-state index contributed by atoms with van der Waals surface area (Å²) < 4.78 is 5.12. The monoisotopic (exact) mass is 532 g/mol. The van der Waals surface area contributed by atoms with E-state index in [1.165, 1.54) is 34.8 Å². The van der Waals surface area contributed by atoms with Crippen molar-refractivity contribution >= 4 is 28.9 Å². The second-order valence-electron chi connectivity index (χ2n) is 11.2. The fourth-order valence-corrected chi connectivity index (χ4v) is 6.54. The lowest BCUT2D eigenvalue weighted by Gasteiger charge is -2.34. The van der Waals surface area contributed by atoms with Crippen LogP contribution in [0.25, 0.3) is 5.57 Å². The predicted octanol–water partition coefficient (Wildman–Crippen LogP) is 5.36. The van der Waals surface area contributed by atoms with Gasteiger partial charge in [0.15, 0.2) is 11.6 Å². The molecule has 2 aromatic carbocycles. The van der Waals surface area contributed by atoms with Gasteiger partial charge in [0.05, 0.1) is 6.61 Å². The van der Waals surface area contributed by atoms with Gasteiger partial charge in [-0.05, 0) is 119 Å². The highest BCUT2D eigenvalue weighted by atomic mass is 16.5. The van der Waals surface area contributed by atoms with Crippen LogP contribution in [0.4, 0.5) is 0 Å². The number of ketones is 3. The van der Waals surface area contributed by atoms with Crippen molar-refractivity contribution in [2.75, 3.05) is 6.61 Å². The second-order valence-corrected chi connectivity index (χ2v) is 11.2. The van der Waals surface area contributed by atoms with E-state index in [2.05, 4.69) is 26.0 Å². The standard InChI is InChI=1S/C18H22O4.C15H16O.H2O/c1-5-22-17(21)18(10-13(4)19)7-6-14-12(3)8-11(2)9-15(14)16(18)20;1-9-5-10(2)13-4-3-11-7-12(16)8-14(11)15(13)6-9;/h8-9H,5-7,10H2,1-4H3;5-6,8,11H,3-4,7H2,1-2H3;1H2/t18-;;/m1../s1. The molecule has 1 unspecified atom stereocenters. The van der Waals surface area contributed by atoms with Gasteiger partial charge in [-0.15, -0.1) is 0 Å². The first kappa shape index (κ1) is 30.2. The number of rotatable bonds is 4. The average Bonchev–Trinajstić information content (AvgIpc) is 3.22. The lowest BCUT2D eigenvalue weighted by atomic mass is 9.67. The van der Waals surface area contributed by atoms with Crippen LogP contribution >= 0.6 is 0 Å². The molecule has 2 aromatic rings. The molecule has 0 aliphatic heterocycles. The third-order valence-electron chi connectivity index (χ3n) is 8.19. The summed E-state index contributed by atoms with van der Waals surface area (Å²) in [5.41, 5.74) is 9.04. The number of esters is 1. The maximum absolute atomic E-state index is 13.0. The SMILES string of the molecule is CCOC(=O)[C@@]1(CC(C)=O)CCc2c(C)cc(C)cc2C1=O.Cc1cc(C)c2c(c1)C1=CC(=O)CC1CC2.O. The summed E-state index contributed by atoms with van der Waals surface area (Å²) in [5, 5.41) is 0. The number of carbonyl (C=O) groups is 4. The number of allylic oxidation sites excluding steroid dienone is 2. The maximum Gasteiger partial charge on any atom is 0.320 e. The minimum Gasteiger partial charge on any atom is -0.465 e. The van der Waals surface area contributed by atoms with Crippen LogP contribution in [0.15, 0.2) is 30.3 Å². The molecule has 5 rings (SSSR count). The van der Waals surface area contributed by atoms with Crippen molar-refractivity contribution in [1.29, 1.82) is 0 Å². The van der Waals surface area contributed by atoms with Crippen molar-refractivity contribution in [1.82, 2.24) is 0 Å². The third kappa shape index (κ3) is 5.81. The molecule has 3 aliphatic carbocycles. The van der Waals surface area contributed by atoms with Crippen LogP contribution in [0, 0.1) is 39.0 Å². The fourth-order valence-electron chi connectivity index (χ4n) is 6.54. The van der Waals surface area contributed by atoms with E-state index in [4.69, 9.17) is 4.74 Å². The van der Waals surface area contributed by atoms with Crippen molar-refractivity contribution in [2.45, 2.75) is 80.1 Å². The molecule has 0 saturated carbocycles. The maximum atomic E-state index is 13.0. The molecular formula is C33H40O6. The van der Waals surface area contributed by atoms with Crippen LogP contribution in [0.2, 0.25) is 0 Å². The highest BCUT2D eigenvalue weighted by molar-refractivity contribution is 6.16. The number of hydrogen-bond acceptors (Lipinski definition) is 5. The van der Waals surface area contributed by atoms with Gasteiger partial charge in [-0.2, -0.15) is 0 Å². The molecule has 208 valence electrons. The van der Waals surface area contributed by atoms with Gasteiger partial charge >= 0.3 is 5.97 Å². The molecule has 39 heavy (non-hydrogen) atoms. The van der Waals surface area contributed by atoms with E-state index >= 15 is 0 Å². The van der Waals surface area contributed by atoms with Crippen molar-refractivity contribution in [3.8, 4) is 0 Å². The number of aryl methyl sites for hydroxylation is 4. The van der Waals surface area contributed by atoms with Gasteiger partial charge < -0.3 is 10.2 Å². The highest BCUT2D eigenvalue weighted by Gasteiger charge is 2.51. The number of hydrogen-bond donors (Lipinski definition) is 0. The Kier molecular flexibility index (Phi) is 9.12. The summed E-state index contributed by atoms with van der Waals surface area (Å²) in [4.78, 5) is 48.7. The van der Waals surface area contributed by atoms with Crippen LogP contribution in [0.3, 0.4) is 0 Å². The molecular weight excluding hydrogens is 492 g/mol. The van der Waals surface area contributed by atoms with Crippen molar-refractivity contribution in [2.24, 2.45) is 11.3 Å². The first-order chi connectivity index (χ1) is 18.0. The molecule has 3 aliphatic rings. The third-order valence-corrected chi connectivity index (χ3v) is 8.19. The molecule has 2 N–H and O–H groups in total. The molecule has 6 nitrogen and oxygen atoms in total. The number of ether oxygens (including phenoxy) is 1. The van der Waals surface area contributed by atoms with Crippen molar-refractivity contribution < 1.29 is 29.4 Å². The Morgan fingerprint density at radius 3 is 2.10 bits per heavy atom. The van der Waals surface area contributed by atoms with Gasteiger partial charge in [0.2, 0.25) is 0 Å². The lowest BCUT2D eigenvalue weighted by Crippen LogP contribution is -2.45. The zero-order chi connectivity index (χ0) is 27.8.